The third kappa shape index (κ3) is 4.13. The van der Waals surface area contributed by atoms with Gasteiger partial charge >= 0.3 is 0 Å². The highest BCUT2D eigenvalue weighted by Crippen LogP contribution is 2.39. The smallest absolute Gasteiger partial charge is 0.101 e. The maximum absolute atomic E-state index is 10.4. The molecule has 0 fully saturated rings. The molecule has 222 valence electrons. The van der Waals surface area contributed by atoms with E-state index in [-0.39, 0.29) is 0 Å². The average molecular weight is 612 g/mol. The highest BCUT2D eigenvalue weighted by atomic mass is 15.0. The molecule has 0 unspecified atom stereocenters. The Morgan fingerprint density at radius 2 is 0.979 bits per heavy atom. The second-order valence-electron chi connectivity index (χ2n) is 11.9. The Labute approximate surface area is 276 Å². The summed E-state index contributed by atoms with van der Waals surface area (Å²) in [6, 6.07) is 52.4. The van der Waals surface area contributed by atoms with E-state index in [2.05, 4.69) is 117 Å². The van der Waals surface area contributed by atoms with E-state index in [0.717, 1.165) is 77.2 Å². The van der Waals surface area contributed by atoms with E-state index in [0.29, 0.717) is 11.1 Å². The molecule has 0 spiro atoms. The molecule has 9 aromatic rings. The number of pyridine rings is 1. The van der Waals surface area contributed by atoms with Gasteiger partial charge in [-0.1, -0.05) is 66.7 Å². The fraction of sp³-hybridized carbons (Fsp3) is 0. The van der Waals surface area contributed by atoms with Gasteiger partial charge in [-0.15, -0.1) is 0 Å². The van der Waals surface area contributed by atoms with Gasteiger partial charge < -0.3 is 9.13 Å². The summed E-state index contributed by atoms with van der Waals surface area (Å²) in [6.45, 7) is 0. The van der Waals surface area contributed by atoms with Crippen LogP contribution in [0, 0.1) is 22.7 Å². The van der Waals surface area contributed by atoms with Crippen LogP contribution in [0.15, 0.2) is 152 Å². The first-order chi connectivity index (χ1) is 23.7. The Morgan fingerprint density at radius 3 is 1.62 bits per heavy atom. The Bertz CT molecular complexity index is 2750. The van der Waals surface area contributed by atoms with Crippen LogP contribution in [0.4, 0.5) is 0 Å². The van der Waals surface area contributed by atoms with Gasteiger partial charge in [-0.25, -0.2) is 0 Å². The van der Waals surface area contributed by atoms with Crippen molar-refractivity contribution >= 4 is 43.6 Å². The first-order valence-electron chi connectivity index (χ1n) is 15.7. The number of para-hydroxylation sites is 3. The molecule has 0 saturated heterocycles. The molecule has 0 saturated carbocycles. The van der Waals surface area contributed by atoms with Crippen LogP contribution in [-0.2, 0) is 0 Å². The molecule has 9 rings (SSSR count). The molecule has 0 N–H and O–H groups in total. The SMILES string of the molecule is N#Cc1ccc(-n2c3ccccc3c3cc(-c4ccc(-n5c6ccccc6c6ccccc65)c(C#N)c4)ccc32)c(-c2ccncc2)c1. The van der Waals surface area contributed by atoms with E-state index in [4.69, 9.17) is 0 Å². The van der Waals surface area contributed by atoms with Gasteiger partial charge in [0.25, 0.3) is 0 Å². The van der Waals surface area contributed by atoms with Crippen LogP contribution in [0.3, 0.4) is 0 Å². The van der Waals surface area contributed by atoms with E-state index < -0.39 is 0 Å². The van der Waals surface area contributed by atoms with Crippen molar-refractivity contribution in [1.29, 1.82) is 10.5 Å². The van der Waals surface area contributed by atoms with Gasteiger partial charge in [0, 0.05) is 39.5 Å². The molecule has 0 bridgehead atoms. The standard InChI is InChI=1S/C43H25N5/c44-26-28-13-16-42(36(23-28)29-19-21-46-22-20-29)48-41-12-6-3-9-35(41)37-25-31(15-18-43(37)48)30-14-17-38(32(24-30)27-45)47-39-10-4-1-7-33(39)34-8-2-5-11-40(34)47/h1-25H. The van der Waals surface area contributed by atoms with Crippen molar-refractivity contribution in [3.63, 3.8) is 0 Å². The largest absolute Gasteiger partial charge is 0.309 e. The molecule has 0 aliphatic rings. The summed E-state index contributed by atoms with van der Waals surface area (Å²) in [7, 11) is 0. The Kier molecular flexibility index (Phi) is 6.18. The van der Waals surface area contributed by atoms with Crippen LogP contribution in [0.5, 0.6) is 0 Å². The summed E-state index contributed by atoms with van der Waals surface area (Å²) in [5, 5.41) is 24.7. The van der Waals surface area contributed by atoms with Crippen molar-refractivity contribution in [2.24, 2.45) is 0 Å². The monoisotopic (exact) mass is 611 g/mol. The third-order valence-corrected chi connectivity index (χ3v) is 9.30. The minimum atomic E-state index is 0.603. The van der Waals surface area contributed by atoms with Gasteiger partial charge in [-0.2, -0.15) is 10.5 Å². The summed E-state index contributed by atoms with van der Waals surface area (Å²) >= 11 is 0. The maximum atomic E-state index is 10.4. The molecule has 3 heterocycles. The molecule has 0 aliphatic heterocycles. The topological polar surface area (TPSA) is 70.3 Å². The van der Waals surface area contributed by atoms with Crippen LogP contribution >= 0.6 is 0 Å². The fourth-order valence-electron chi connectivity index (χ4n) is 7.16. The maximum Gasteiger partial charge on any atom is 0.101 e. The third-order valence-electron chi connectivity index (χ3n) is 9.30. The average Bonchev–Trinajstić information content (AvgIpc) is 3.67. The highest BCUT2D eigenvalue weighted by molar-refractivity contribution is 6.11. The fourth-order valence-corrected chi connectivity index (χ4v) is 7.16. The number of benzene rings is 6. The van der Waals surface area contributed by atoms with Gasteiger partial charge in [0.1, 0.15) is 6.07 Å². The van der Waals surface area contributed by atoms with E-state index in [1.165, 1.54) is 0 Å². The molecule has 0 amide bonds. The van der Waals surface area contributed by atoms with Crippen LogP contribution in [0.1, 0.15) is 11.1 Å². The zero-order valence-corrected chi connectivity index (χ0v) is 25.7. The summed E-state index contributed by atoms with van der Waals surface area (Å²) < 4.78 is 4.47. The van der Waals surface area contributed by atoms with Crippen LogP contribution in [0.2, 0.25) is 0 Å². The molecule has 0 radical (unpaired) electrons. The quantitative estimate of drug-likeness (QED) is 0.199. The predicted octanol–water partition coefficient (Wildman–Crippen LogP) is 10.4. The van der Waals surface area contributed by atoms with Crippen molar-refractivity contribution in [2.75, 3.05) is 0 Å². The number of nitrogens with zero attached hydrogens (tertiary/aromatic N) is 5. The zero-order chi connectivity index (χ0) is 32.2. The lowest BCUT2D eigenvalue weighted by Crippen LogP contribution is -1.98. The van der Waals surface area contributed by atoms with E-state index in [1.807, 2.05) is 48.5 Å². The van der Waals surface area contributed by atoms with Crippen molar-refractivity contribution in [3.8, 4) is 45.8 Å². The number of hydrogen-bond acceptors (Lipinski definition) is 3. The number of rotatable bonds is 4. The normalized spacial score (nSPS) is 11.3. The zero-order valence-electron chi connectivity index (χ0n) is 25.7. The number of aromatic nitrogens is 3. The number of hydrogen-bond donors (Lipinski definition) is 0. The summed E-state index contributed by atoms with van der Waals surface area (Å²) in [4.78, 5) is 4.21. The molecule has 48 heavy (non-hydrogen) atoms. The van der Waals surface area contributed by atoms with Gasteiger partial charge in [0.15, 0.2) is 0 Å². The van der Waals surface area contributed by atoms with Crippen molar-refractivity contribution in [1.82, 2.24) is 14.1 Å². The van der Waals surface area contributed by atoms with E-state index in [1.54, 1.807) is 12.4 Å². The summed E-state index contributed by atoms with van der Waals surface area (Å²) in [5.74, 6) is 0. The van der Waals surface area contributed by atoms with Gasteiger partial charge in [0.05, 0.1) is 50.6 Å². The van der Waals surface area contributed by atoms with Crippen molar-refractivity contribution in [3.05, 3.63) is 163 Å². The second-order valence-corrected chi connectivity index (χ2v) is 11.9. The van der Waals surface area contributed by atoms with Crippen LogP contribution in [-0.4, -0.2) is 14.1 Å². The number of fused-ring (bicyclic) bond motifs is 6. The highest BCUT2D eigenvalue weighted by Gasteiger charge is 2.18. The van der Waals surface area contributed by atoms with E-state index >= 15 is 0 Å². The first kappa shape index (κ1) is 27.4. The molecule has 5 heteroatoms. The molecular weight excluding hydrogens is 587 g/mol. The number of nitriles is 2. The Hall–Kier alpha value is -6.95. The lowest BCUT2D eigenvalue weighted by molar-refractivity contribution is 1.17. The first-order valence-corrected chi connectivity index (χ1v) is 15.7. The Balaban J connectivity index is 1.23. The predicted molar refractivity (Wildman–Crippen MR) is 193 cm³/mol. The summed E-state index contributed by atoms with van der Waals surface area (Å²) in [6.07, 6.45) is 3.55. The minimum Gasteiger partial charge on any atom is -0.309 e. The van der Waals surface area contributed by atoms with Gasteiger partial charge in [-0.05, 0) is 89.5 Å². The molecule has 0 aliphatic carbocycles. The molecular formula is C43H25N5. The molecule has 3 aromatic heterocycles. The summed E-state index contributed by atoms with van der Waals surface area (Å²) in [5.41, 5.74) is 11.3. The van der Waals surface area contributed by atoms with Gasteiger partial charge in [0.2, 0.25) is 0 Å². The van der Waals surface area contributed by atoms with Crippen molar-refractivity contribution in [2.45, 2.75) is 0 Å². The lowest BCUT2D eigenvalue weighted by Gasteiger charge is -2.15. The molecule has 0 atom stereocenters. The molecule has 5 nitrogen and oxygen atoms in total. The van der Waals surface area contributed by atoms with Gasteiger partial charge in [-0.3, -0.25) is 4.98 Å². The lowest BCUT2D eigenvalue weighted by atomic mass is 9.99. The molecule has 6 aromatic carbocycles. The van der Waals surface area contributed by atoms with Crippen LogP contribution < -0.4 is 0 Å². The van der Waals surface area contributed by atoms with E-state index in [9.17, 15) is 10.5 Å². The second kappa shape index (κ2) is 10.8. The van der Waals surface area contributed by atoms with Crippen LogP contribution in [0.25, 0.3) is 77.2 Å². The van der Waals surface area contributed by atoms with Crippen molar-refractivity contribution < 1.29 is 0 Å². The Morgan fingerprint density at radius 1 is 0.438 bits per heavy atom. The minimum absolute atomic E-state index is 0.603.